The summed E-state index contributed by atoms with van der Waals surface area (Å²) in [4.78, 5) is 12.0. The van der Waals surface area contributed by atoms with Crippen molar-refractivity contribution in [3.63, 3.8) is 0 Å². The average molecular weight is 250 g/mol. The molecule has 0 saturated carbocycles. The molecule has 0 spiro atoms. The molecule has 0 atom stereocenters. The number of carbonyl (C=O) groups is 1. The molecule has 0 aliphatic rings. The van der Waals surface area contributed by atoms with Crippen molar-refractivity contribution in [1.82, 2.24) is 0 Å². The van der Waals surface area contributed by atoms with Gasteiger partial charge in [0.15, 0.2) is 0 Å². The average Bonchev–Trinajstić information content (AvgIpc) is 2.32. The van der Waals surface area contributed by atoms with E-state index in [-0.39, 0.29) is 25.4 Å². The summed E-state index contributed by atoms with van der Waals surface area (Å²) in [6, 6.07) is 3.60. The maximum atomic E-state index is 11.3. The Bertz CT molecular complexity index is 262. The second-order valence-electron chi connectivity index (χ2n) is 3.48. The molecule has 0 amide bonds. The van der Waals surface area contributed by atoms with E-state index in [1.165, 1.54) is 11.3 Å². The van der Waals surface area contributed by atoms with E-state index in [9.17, 15) is 4.79 Å². The van der Waals surface area contributed by atoms with E-state index in [1.807, 2.05) is 32.2 Å². The van der Waals surface area contributed by atoms with Crippen LogP contribution in [0.3, 0.4) is 0 Å². The fourth-order valence-corrected chi connectivity index (χ4v) is 1.32. The third-order valence-corrected chi connectivity index (χ3v) is 1.97. The minimum absolute atomic E-state index is 0. The van der Waals surface area contributed by atoms with Gasteiger partial charge in [-0.3, -0.25) is 0 Å². The summed E-state index contributed by atoms with van der Waals surface area (Å²) in [6.07, 6.45) is 0. The molecule has 1 aromatic heterocycles. The van der Waals surface area contributed by atoms with Crippen molar-refractivity contribution >= 4 is 17.3 Å². The van der Waals surface area contributed by atoms with Gasteiger partial charge in [0.25, 0.3) is 0 Å². The second-order valence-corrected chi connectivity index (χ2v) is 4.43. The standard InChI is InChI=1S/C9H12O2S.Zn/c1-9(2,3)11-8(10)7-5-4-6-12-7;/h4-6H,1-3H3;. The Kier molecular flexibility index (Phi) is 4.79. The first-order valence-corrected chi connectivity index (χ1v) is 4.64. The molecule has 0 aliphatic carbocycles. The fourth-order valence-electron chi connectivity index (χ4n) is 0.723. The van der Waals surface area contributed by atoms with E-state index in [2.05, 4.69) is 0 Å². The monoisotopic (exact) mass is 248 g/mol. The SMILES string of the molecule is CC(C)(C)OC(=O)c1cccs1.[Zn]. The molecule has 2 nitrogen and oxygen atoms in total. The second kappa shape index (κ2) is 4.87. The van der Waals surface area contributed by atoms with Crippen LogP contribution >= 0.6 is 11.3 Å². The number of carbonyl (C=O) groups excluding carboxylic acids is 1. The van der Waals surface area contributed by atoms with Crippen LogP contribution in [0.1, 0.15) is 30.4 Å². The molecule has 1 rings (SSSR count). The Morgan fingerprint density at radius 3 is 2.46 bits per heavy atom. The van der Waals surface area contributed by atoms with E-state index in [4.69, 9.17) is 4.74 Å². The topological polar surface area (TPSA) is 26.3 Å². The summed E-state index contributed by atoms with van der Waals surface area (Å²) in [5.74, 6) is -0.238. The fraction of sp³-hybridized carbons (Fsp3) is 0.444. The van der Waals surface area contributed by atoms with Crippen LogP contribution < -0.4 is 0 Å². The number of hydrogen-bond donors (Lipinski definition) is 0. The van der Waals surface area contributed by atoms with Gasteiger partial charge in [0.1, 0.15) is 10.5 Å². The van der Waals surface area contributed by atoms with Gasteiger partial charge in [0, 0.05) is 19.5 Å². The van der Waals surface area contributed by atoms with Crippen LogP contribution in [0.15, 0.2) is 17.5 Å². The molecule has 0 saturated heterocycles. The van der Waals surface area contributed by atoms with Crippen LogP contribution in [0.2, 0.25) is 0 Å². The molecule has 0 bridgehead atoms. The van der Waals surface area contributed by atoms with Gasteiger partial charge >= 0.3 is 5.97 Å². The summed E-state index contributed by atoms with van der Waals surface area (Å²) in [5, 5.41) is 1.86. The van der Waals surface area contributed by atoms with Crippen LogP contribution in [-0.4, -0.2) is 11.6 Å². The van der Waals surface area contributed by atoms with Gasteiger partial charge in [-0.1, -0.05) is 6.07 Å². The van der Waals surface area contributed by atoms with E-state index in [0.29, 0.717) is 4.88 Å². The zero-order valence-corrected chi connectivity index (χ0v) is 11.9. The predicted molar refractivity (Wildman–Crippen MR) is 49.5 cm³/mol. The molecule has 0 aliphatic heterocycles. The Labute approximate surface area is 95.1 Å². The largest absolute Gasteiger partial charge is 0.456 e. The van der Waals surface area contributed by atoms with Crippen molar-refractivity contribution < 1.29 is 29.0 Å². The Hall–Kier alpha value is -0.207. The zero-order valence-electron chi connectivity index (χ0n) is 8.16. The molecule has 1 heterocycles. The maximum Gasteiger partial charge on any atom is 0.348 e. The van der Waals surface area contributed by atoms with Gasteiger partial charge in [-0.2, -0.15) is 0 Å². The third kappa shape index (κ3) is 4.53. The van der Waals surface area contributed by atoms with Gasteiger partial charge in [0.2, 0.25) is 0 Å². The van der Waals surface area contributed by atoms with Gasteiger partial charge in [-0.15, -0.1) is 11.3 Å². The smallest absolute Gasteiger partial charge is 0.348 e. The number of ether oxygens (including phenoxy) is 1. The van der Waals surface area contributed by atoms with Crippen molar-refractivity contribution in [3.05, 3.63) is 22.4 Å². The van der Waals surface area contributed by atoms with Crippen molar-refractivity contribution in [2.75, 3.05) is 0 Å². The molecule has 1 aromatic rings. The molecular formula is C9H12O2SZn. The van der Waals surface area contributed by atoms with Gasteiger partial charge in [0.05, 0.1) is 0 Å². The van der Waals surface area contributed by atoms with Gasteiger partial charge < -0.3 is 4.74 Å². The molecule has 0 aromatic carbocycles. The number of hydrogen-bond acceptors (Lipinski definition) is 3. The van der Waals surface area contributed by atoms with Crippen molar-refractivity contribution in [2.45, 2.75) is 26.4 Å². The van der Waals surface area contributed by atoms with Gasteiger partial charge in [-0.25, -0.2) is 4.79 Å². The van der Waals surface area contributed by atoms with E-state index in [0.717, 1.165) is 0 Å². The predicted octanol–water partition coefficient (Wildman–Crippen LogP) is 2.70. The van der Waals surface area contributed by atoms with Crippen LogP contribution in [0, 0.1) is 0 Å². The number of esters is 1. The Morgan fingerprint density at radius 1 is 1.46 bits per heavy atom. The van der Waals surface area contributed by atoms with Crippen LogP contribution in [0.4, 0.5) is 0 Å². The molecule has 4 heteroatoms. The third-order valence-electron chi connectivity index (χ3n) is 1.12. The molecule has 68 valence electrons. The van der Waals surface area contributed by atoms with E-state index >= 15 is 0 Å². The quantitative estimate of drug-likeness (QED) is 0.565. The first-order valence-electron chi connectivity index (χ1n) is 3.76. The maximum absolute atomic E-state index is 11.3. The van der Waals surface area contributed by atoms with Crippen molar-refractivity contribution in [3.8, 4) is 0 Å². The normalized spacial score (nSPS) is 10.4. The number of thiophene rings is 1. The molecule has 0 unspecified atom stereocenters. The summed E-state index contributed by atoms with van der Waals surface area (Å²) < 4.78 is 5.15. The van der Waals surface area contributed by atoms with Crippen LogP contribution in [-0.2, 0) is 24.2 Å². The molecule has 13 heavy (non-hydrogen) atoms. The molecule has 0 radical (unpaired) electrons. The molecular weight excluding hydrogens is 238 g/mol. The Balaban J connectivity index is 0.00000144. The molecule has 0 fully saturated rings. The zero-order chi connectivity index (χ0) is 9.19. The summed E-state index contributed by atoms with van der Waals surface area (Å²) in [6.45, 7) is 5.58. The summed E-state index contributed by atoms with van der Waals surface area (Å²) in [7, 11) is 0. The van der Waals surface area contributed by atoms with Crippen molar-refractivity contribution in [2.24, 2.45) is 0 Å². The minimum atomic E-state index is -0.402. The van der Waals surface area contributed by atoms with E-state index in [1.54, 1.807) is 6.07 Å². The summed E-state index contributed by atoms with van der Waals surface area (Å²) in [5.41, 5.74) is -0.402. The van der Waals surface area contributed by atoms with E-state index < -0.39 is 5.60 Å². The Morgan fingerprint density at radius 2 is 2.08 bits per heavy atom. The molecule has 0 N–H and O–H groups in total. The number of rotatable bonds is 1. The minimum Gasteiger partial charge on any atom is -0.456 e. The van der Waals surface area contributed by atoms with Crippen LogP contribution in [0.5, 0.6) is 0 Å². The first-order chi connectivity index (χ1) is 5.49. The van der Waals surface area contributed by atoms with Gasteiger partial charge in [-0.05, 0) is 32.2 Å². The summed E-state index contributed by atoms with van der Waals surface area (Å²) >= 11 is 1.40. The van der Waals surface area contributed by atoms with Crippen LogP contribution in [0.25, 0.3) is 0 Å². The van der Waals surface area contributed by atoms with Crippen molar-refractivity contribution in [1.29, 1.82) is 0 Å². The first kappa shape index (κ1) is 12.8.